The zero-order valence-electron chi connectivity index (χ0n) is 11.5. The van der Waals surface area contributed by atoms with Gasteiger partial charge in [0.05, 0.1) is 0 Å². The lowest BCUT2D eigenvalue weighted by atomic mass is 9.96. The van der Waals surface area contributed by atoms with Gasteiger partial charge in [0, 0.05) is 0 Å². The Labute approximate surface area is 101 Å². The van der Waals surface area contributed by atoms with E-state index in [-0.39, 0.29) is 0 Å². The van der Waals surface area contributed by atoms with Crippen molar-refractivity contribution in [1.29, 1.82) is 0 Å². The summed E-state index contributed by atoms with van der Waals surface area (Å²) in [6.07, 6.45) is 2.24. The van der Waals surface area contributed by atoms with E-state index in [1.807, 2.05) is 13.8 Å². The summed E-state index contributed by atoms with van der Waals surface area (Å²) in [6, 6.07) is 8.59. The Morgan fingerprint density at radius 1 is 1.19 bits per heavy atom. The van der Waals surface area contributed by atoms with Gasteiger partial charge in [-0.1, -0.05) is 64.1 Å². The van der Waals surface area contributed by atoms with Gasteiger partial charge in [-0.3, -0.25) is 0 Å². The zero-order valence-corrected chi connectivity index (χ0v) is 11.5. The molecule has 0 bridgehead atoms. The van der Waals surface area contributed by atoms with Gasteiger partial charge in [0.2, 0.25) is 0 Å². The quantitative estimate of drug-likeness (QED) is 0.612. The second-order valence-electron chi connectivity index (χ2n) is 4.24. The molecule has 0 heterocycles. The number of hydrogen-bond acceptors (Lipinski definition) is 0. The predicted molar refractivity (Wildman–Crippen MR) is 74.8 cm³/mol. The molecule has 0 saturated heterocycles. The van der Waals surface area contributed by atoms with Crippen molar-refractivity contribution in [1.82, 2.24) is 0 Å². The largest absolute Gasteiger partial charge is 0.0996 e. The van der Waals surface area contributed by atoms with Gasteiger partial charge in [0.1, 0.15) is 0 Å². The van der Waals surface area contributed by atoms with Crippen LogP contribution < -0.4 is 0 Å². The van der Waals surface area contributed by atoms with Gasteiger partial charge >= 0.3 is 0 Å². The molecule has 0 aliphatic carbocycles. The maximum atomic E-state index is 4.10. The van der Waals surface area contributed by atoms with Crippen LogP contribution in [0.5, 0.6) is 0 Å². The van der Waals surface area contributed by atoms with Crippen LogP contribution in [0.25, 0.3) is 0 Å². The first-order valence-electron chi connectivity index (χ1n) is 6.33. The fourth-order valence-electron chi connectivity index (χ4n) is 1.47. The van der Waals surface area contributed by atoms with Crippen molar-refractivity contribution >= 4 is 0 Å². The summed E-state index contributed by atoms with van der Waals surface area (Å²) < 4.78 is 0. The van der Waals surface area contributed by atoms with Gasteiger partial charge in [0.15, 0.2) is 0 Å². The lowest BCUT2D eigenvalue weighted by Gasteiger charge is -2.10. The highest BCUT2D eigenvalue weighted by molar-refractivity contribution is 5.26. The summed E-state index contributed by atoms with van der Waals surface area (Å²) in [5, 5.41) is 0. The molecule has 0 unspecified atom stereocenters. The van der Waals surface area contributed by atoms with E-state index in [1.54, 1.807) is 0 Å². The molecule has 0 aromatic heterocycles. The maximum absolute atomic E-state index is 4.10. The van der Waals surface area contributed by atoms with Crippen LogP contribution in [0.2, 0.25) is 0 Å². The second-order valence-corrected chi connectivity index (χ2v) is 4.24. The molecule has 0 saturated carbocycles. The van der Waals surface area contributed by atoms with Gasteiger partial charge in [-0.15, -0.1) is 0 Å². The van der Waals surface area contributed by atoms with Crippen LogP contribution in [0.1, 0.15) is 45.2 Å². The van der Waals surface area contributed by atoms with E-state index in [2.05, 4.69) is 51.6 Å². The summed E-state index contributed by atoms with van der Waals surface area (Å²) in [7, 11) is 0. The third kappa shape index (κ3) is 5.16. The Balaban J connectivity index is 0.00000106. The van der Waals surface area contributed by atoms with E-state index in [4.69, 9.17) is 0 Å². The van der Waals surface area contributed by atoms with Crippen molar-refractivity contribution in [3.63, 3.8) is 0 Å². The van der Waals surface area contributed by atoms with Crippen molar-refractivity contribution in [3.05, 3.63) is 47.5 Å². The Hall–Kier alpha value is -1.04. The minimum Gasteiger partial charge on any atom is -0.0996 e. The molecule has 0 heteroatoms. The Morgan fingerprint density at radius 2 is 1.75 bits per heavy atom. The van der Waals surface area contributed by atoms with Crippen LogP contribution in [0.15, 0.2) is 36.4 Å². The van der Waals surface area contributed by atoms with E-state index in [0.717, 1.165) is 12.8 Å². The van der Waals surface area contributed by atoms with Crippen molar-refractivity contribution < 1.29 is 0 Å². The summed E-state index contributed by atoms with van der Waals surface area (Å²) in [5.74, 6) is 0.610. The number of benzene rings is 1. The molecule has 1 rings (SSSR count). The molecule has 1 aromatic rings. The standard InChI is InChI=1S/C14H20.C2H6/c1-11(2)12(3)9-10-14-8-6-5-7-13(14)4;1-2/h5-8,11H,3,9-10H2,1-2,4H3;1-2H3. The van der Waals surface area contributed by atoms with Gasteiger partial charge in [-0.25, -0.2) is 0 Å². The van der Waals surface area contributed by atoms with Crippen LogP contribution in [-0.2, 0) is 6.42 Å². The second kappa shape index (κ2) is 8.15. The van der Waals surface area contributed by atoms with Crippen molar-refractivity contribution in [2.75, 3.05) is 0 Å². The summed E-state index contributed by atoms with van der Waals surface area (Å²) in [5.41, 5.74) is 4.20. The molecule has 1 aromatic carbocycles. The van der Waals surface area contributed by atoms with E-state index >= 15 is 0 Å². The number of rotatable bonds is 4. The highest BCUT2D eigenvalue weighted by Crippen LogP contribution is 2.16. The average Bonchev–Trinajstić information content (AvgIpc) is 2.30. The Morgan fingerprint density at radius 3 is 2.25 bits per heavy atom. The van der Waals surface area contributed by atoms with Crippen LogP contribution in [-0.4, -0.2) is 0 Å². The molecule has 0 N–H and O–H groups in total. The molecule has 0 fully saturated rings. The first-order chi connectivity index (χ1) is 7.61. The number of aryl methyl sites for hydroxylation is 2. The third-order valence-electron chi connectivity index (χ3n) is 2.79. The fraction of sp³-hybridized carbons (Fsp3) is 0.500. The zero-order chi connectivity index (χ0) is 12.6. The van der Waals surface area contributed by atoms with Crippen molar-refractivity contribution in [3.8, 4) is 0 Å². The first kappa shape index (κ1) is 15.0. The normalized spacial score (nSPS) is 9.62. The SMILES string of the molecule is C=C(CCc1ccccc1C)C(C)C.CC. The highest BCUT2D eigenvalue weighted by Gasteiger charge is 2.02. The topological polar surface area (TPSA) is 0 Å². The predicted octanol–water partition coefficient (Wildman–Crippen LogP) is 5.17. The minimum absolute atomic E-state index is 0.610. The smallest absolute Gasteiger partial charge is 0.0239 e. The molecule has 90 valence electrons. The van der Waals surface area contributed by atoms with Crippen molar-refractivity contribution in [2.24, 2.45) is 5.92 Å². The first-order valence-corrected chi connectivity index (χ1v) is 6.33. The van der Waals surface area contributed by atoms with Gasteiger partial charge in [-0.05, 0) is 36.8 Å². The summed E-state index contributed by atoms with van der Waals surface area (Å²) in [4.78, 5) is 0. The number of hydrogen-bond donors (Lipinski definition) is 0. The lowest BCUT2D eigenvalue weighted by Crippen LogP contribution is -1.96. The van der Waals surface area contributed by atoms with Gasteiger partial charge in [0.25, 0.3) is 0 Å². The molecular weight excluding hydrogens is 192 g/mol. The highest BCUT2D eigenvalue weighted by atomic mass is 14.1. The van der Waals surface area contributed by atoms with E-state index in [0.29, 0.717) is 5.92 Å². The molecule has 16 heavy (non-hydrogen) atoms. The molecule has 0 spiro atoms. The molecule has 0 aliphatic heterocycles. The molecule has 0 aliphatic rings. The van der Waals surface area contributed by atoms with E-state index in [9.17, 15) is 0 Å². The van der Waals surface area contributed by atoms with Crippen LogP contribution in [0.3, 0.4) is 0 Å². The van der Waals surface area contributed by atoms with E-state index < -0.39 is 0 Å². The minimum atomic E-state index is 0.610. The van der Waals surface area contributed by atoms with Crippen molar-refractivity contribution in [2.45, 2.75) is 47.5 Å². The monoisotopic (exact) mass is 218 g/mol. The Bertz CT molecular complexity index is 308. The third-order valence-corrected chi connectivity index (χ3v) is 2.79. The van der Waals surface area contributed by atoms with Crippen LogP contribution in [0.4, 0.5) is 0 Å². The Kier molecular flexibility index (Phi) is 7.62. The van der Waals surface area contributed by atoms with Crippen LogP contribution in [0, 0.1) is 12.8 Å². The van der Waals surface area contributed by atoms with Gasteiger partial charge in [-0.2, -0.15) is 0 Å². The molecular formula is C16H26. The molecule has 0 nitrogen and oxygen atoms in total. The van der Waals surface area contributed by atoms with Gasteiger partial charge < -0.3 is 0 Å². The van der Waals surface area contributed by atoms with E-state index in [1.165, 1.54) is 16.7 Å². The number of allylic oxidation sites excluding steroid dienone is 1. The lowest BCUT2D eigenvalue weighted by molar-refractivity contribution is 0.713. The summed E-state index contributed by atoms with van der Waals surface area (Å²) >= 11 is 0. The molecule has 0 atom stereocenters. The summed E-state index contributed by atoms with van der Waals surface area (Å²) in [6.45, 7) is 14.7. The van der Waals surface area contributed by atoms with Crippen LogP contribution >= 0.6 is 0 Å². The fourth-order valence-corrected chi connectivity index (χ4v) is 1.47. The molecule has 0 amide bonds. The molecule has 0 radical (unpaired) electrons. The average molecular weight is 218 g/mol. The maximum Gasteiger partial charge on any atom is -0.0239 e.